The van der Waals surface area contributed by atoms with Crippen LogP contribution < -0.4 is 5.32 Å². The molecule has 2 rings (SSSR count). The van der Waals surface area contributed by atoms with Crippen molar-refractivity contribution in [3.05, 3.63) is 18.0 Å². The van der Waals surface area contributed by atoms with Gasteiger partial charge >= 0.3 is 0 Å². The Labute approximate surface area is 97.2 Å². The number of terminal acetylenes is 1. The van der Waals surface area contributed by atoms with E-state index in [2.05, 4.69) is 33.3 Å². The van der Waals surface area contributed by atoms with Crippen LogP contribution in [-0.2, 0) is 6.54 Å². The van der Waals surface area contributed by atoms with Crippen LogP contribution in [0.15, 0.2) is 12.3 Å². The Bertz CT molecular complexity index is 355. The van der Waals surface area contributed by atoms with Crippen molar-refractivity contribution in [2.45, 2.75) is 44.7 Å². The number of rotatable bonds is 4. The summed E-state index contributed by atoms with van der Waals surface area (Å²) < 4.78 is 2.13. The first-order valence-electron chi connectivity index (χ1n) is 6.08. The summed E-state index contributed by atoms with van der Waals surface area (Å²) in [6, 6.07) is 2.70. The molecule has 1 fully saturated rings. The summed E-state index contributed by atoms with van der Waals surface area (Å²) in [7, 11) is 0. The lowest BCUT2D eigenvalue weighted by Gasteiger charge is -2.21. The third-order valence-electron chi connectivity index (χ3n) is 3.15. The number of aromatic nitrogens is 2. The highest BCUT2D eigenvalue weighted by Gasteiger charge is 2.15. The van der Waals surface area contributed by atoms with Gasteiger partial charge in [-0.2, -0.15) is 5.10 Å². The molecule has 0 atom stereocenters. The molecule has 1 saturated carbocycles. The molecule has 1 aromatic rings. The SMILES string of the molecule is C#CCNCc1ccn(C2CCCCC2)n1. The van der Waals surface area contributed by atoms with E-state index in [4.69, 9.17) is 6.42 Å². The molecule has 3 heteroatoms. The molecule has 0 bridgehead atoms. The zero-order valence-corrected chi connectivity index (χ0v) is 9.65. The fourth-order valence-corrected chi connectivity index (χ4v) is 2.28. The smallest absolute Gasteiger partial charge is 0.0762 e. The van der Waals surface area contributed by atoms with Gasteiger partial charge in [0.2, 0.25) is 0 Å². The summed E-state index contributed by atoms with van der Waals surface area (Å²) in [4.78, 5) is 0. The Hall–Kier alpha value is -1.27. The fourth-order valence-electron chi connectivity index (χ4n) is 2.28. The highest BCUT2D eigenvalue weighted by Crippen LogP contribution is 2.27. The summed E-state index contributed by atoms with van der Waals surface area (Å²) >= 11 is 0. The number of hydrogen-bond acceptors (Lipinski definition) is 2. The second kappa shape index (κ2) is 5.72. The van der Waals surface area contributed by atoms with Gasteiger partial charge in [-0.05, 0) is 18.9 Å². The third kappa shape index (κ3) is 2.86. The van der Waals surface area contributed by atoms with Crippen LogP contribution in [0.4, 0.5) is 0 Å². The maximum Gasteiger partial charge on any atom is 0.0762 e. The lowest BCUT2D eigenvalue weighted by atomic mass is 9.96. The Morgan fingerprint density at radius 2 is 2.25 bits per heavy atom. The van der Waals surface area contributed by atoms with Crippen molar-refractivity contribution in [1.29, 1.82) is 0 Å². The first kappa shape index (κ1) is 11.2. The minimum atomic E-state index is 0.607. The second-order valence-corrected chi connectivity index (χ2v) is 4.39. The van der Waals surface area contributed by atoms with E-state index in [1.807, 2.05) is 0 Å². The van der Waals surface area contributed by atoms with Crippen LogP contribution in [0.25, 0.3) is 0 Å². The van der Waals surface area contributed by atoms with Crippen molar-refractivity contribution >= 4 is 0 Å². The van der Waals surface area contributed by atoms with Gasteiger partial charge in [-0.25, -0.2) is 0 Å². The standard InChI is InChI=1S/C13H19N3/c1-2-9-14-11-12-8-10-16(15-12)13-6-4-3-5-7-13/h1,8,10,13-14H,3-7,9,11H2. The lowest BCUT2D eigenvalue weighted by molar-refractivity contribution is 0.328. The third-order valence-corrected chi connectivity index (χ3v) is 3.15. The first-order chi connectivity index (χ1) is 7.90. The van der Waals surface area contributed by atoms with Gasteiger partial charge in [-0.3, -0.25) is 4.68 Å². The molecule has 0 aromatic carbocycles. The van der Waals surface area contributed by atoms with Gasteiger partial charge in [-0.1, -0.05) is 25.2 Å². The molecule has 1 aliphatic rings. The molecule has 0 spiro atoms. The van der Waals surface area contributed by atoms with Gasteiger partial charge in [0, 0.05) is 12.7 Å². The molecule has 1 aliphatic carbocycles. The molecule has 0 aliphatic heterocycles. The summed E-state index contributed by atoms with van der Waals surface area (Å²) in [6.07, 6.45) is 13.9. The molecule has 3 nitrogen and oxygen atoms in total. The molecule has 0 radical (unpaired) electrons. The van der Waals surface area contributed by atoms with E-state index in [-0.39, 0.29) is 0 Å². The highest BCUT2D eigenvalue weighted by molar-refractivity contribution is 5.00. The molecule has 0 unspecified atom stereocenters. The van der Waals surface area contributed by atoms with Crippen molar-refractivity contribution in [3.8, 4) is 12.3 Å². The van der Waals surface area contributed by atoms with Crippen LogP contribution in [0.5, 0.6) is 0 Å². The molecule has 16 heavy (non-hydrogen) atoms. The van der Waals surface area contributed by atoms with Gasteiger partial charge in [0.05, 0.1) is 18.3 Å². The van der Waals surface area contributed by atoms with Gasteiger partial charge in [0.25, 0.3) is 0 Å². The Kier molecular flexibility index (Phi) is 4.01. The topological polar surface area (TPSA) is 29.9 Å². The van der Waals surface area contributed by atoms with Crippen LogP contribution in [0.2, 0.25) is 0 Å². The monoisotopic (exact) mass is 217 g/mol. The molecule has 0 saturated heterocycles. The molecule has 1 heterocycles. The largest absolute Gasteiger partial charge is 0.300 e. The minimum absolute atomic E-state index is 0.607. The van der Waals surface area contributed by atoms with Crippen molar-refractivity contribution in [1.82, 2.24) is 15.1 Å². The molecule has 1 aromatic heterocycles. The summed E-state index contributed by atoms with van der Waals surface area (Å²) in [5.74, 6) is 2.56. The normalized spacial score (nSPS) is 17.2. The van der Waals surface area contributed by atoms with E-state index in [0.29, 0.717) is 12.6 Å². The average Bonchev–Trinajstić information content (AvgIpc) is 2.79. The summed E-state index contributed by atoms with van der Waals surface area (Å²) in [5.41, 5.74) is 1.08. The van der Waals surface area contributed by atoms with Crippen molar-refractivity contribution in [2.24, 2.45) is 0 Å². The molecule has 1 N–H and O–H groups in total. The van der Waals surface area contributed by atoms with Crippen molar-refractivity contribution in [3.63, 3.8) is 0 Å². The Balaban J connectivity index is 1.88. The van der Waals surface area contributed by atoms with Crippen LogP contribution in [0, 0.1) is 12.3 Å². The number of nitrogens with zero attached hydrogens (tertiary/aromatic N) is 2. The van der Waals surface area contributed by atoms with E-state index in [9.17, 15) is 0 Å². The van der Waals surface area contributed by atoms with Crippen LogP contribution in [-0.4, -0.2) is 16.3 Å². The van der Waals surface area contributed by atoms with E-state index < -0.39 is 0 Å². The zero-order chi connectivity index (χ0) is 11.2. The molecule has 86 valence electrons. The van der Waals surface area contributed by atoms with Crippen molar-refractivity contribution < 1.29 is 0 Å². The van der Waals surface area contributed by atoms with Gasteiger partial charge in [0.15, 0.2) is 0 Å². The van der Waals surface area contributed by atoms with Gasteiger partial charge < -0.3 is 5.32 Å². The maximum absolute atomic E-state index is 5.18. The average molecular weight is 217 g/mol. The molecular weight excluding hydrogens is 198 g/mol. The maximum atomic E-state index is 5.18. The zero-order valence-electron chi connectivity index (χ0n) is 9.65. The Morgan fingerprint density at radius 3 is 3.00 bits per heavy atom. The predicted octanol–water partition coefficient (Wildman–Crippen LogP) is 2.11. The van der Waals surface area contributed by atoms with Crippen LogP contribution in [0.1, 0.15) is 43.8 Å². The van der Waals surface area contributed by atoms with E-state index in [0.717, 1.165) is 12.2 Å². The van der Waals surface area contributed by atoms with Crippen LogP contribution >= 0.6 is 0 Å². The highest BCUT2D eigenvalue weighted by atomic mass is 15.3. The molecule has 0 amide bonds. The van der Waals surface area contributed by atoms with E-state index >= 15 is 0 Å². The number of hydrogen-bond donors (Lipinski definition) is 1. The van der Waals surface area contributed by atoms with Crippen LogP contribution in [0.3, 0.4) is 0 Å². The Morgan fingerprint density at radius 1 is 1.44 bits per heavy atom. The summed E-state index contributed by atoms with van der Waals surface area (Å²) in [6.45, 7) is 1.38. The first-order valence-corrected chi connectivity index (χ1v) is 6.08. The second-order valence-electron chi connectivity index (χ2n) is 4.39. The van der Waals surface area contributed by atoms with E-state index in [1.165, 1.54) is 32.1 Å². The molecular formula is C13H19N3. The predicted molar refractivity (Wildman–Crippen MR) is 64.9 cm³/mol. The summed E-state index contributed by atoms with van der Waals surface area (Å²) in [5, 5.41) is 7.75. The van der Waals surface area contributed by atoms with Crippen molar-refractivity contribution in [2.75, 3.05) is 6.54 Å². The van der Waals surface area contributed by atoms with Gasteiger partial charge in [-0.15, -0.1) is 6.42 Å². The number of nitrogens with one attached hydrogen (secondary N) is 1. The van der Waals surface area contributed by atoms with Gasteiger partial charge in [0.1, 0.15) is 0 Å². The fraction of sp³-hybridized carbons (Fsp3) is 0.615. The lowest BCUT2D eigenvalue weighted by Crippen LogP contribution is -2.16. The minimum Gasteiger partial charge on any atom is -0.300 e. The van der Waals surface area contributed by atoms with E-state index in [1.54, 1.807) is 0 Å². The quantitative estimate of drug-likeness (QED) is 0.618.